The lowest BCUT2D eigenvalue weighted by molar-refractivity contribution is -0.116. The quantitative estimate of drug-likeness (QED) is 0.646. The first-order chi connectivity index (χ1) is 13.1. The Bertz CT molecular complexity index is 1000. The van der Waals surface area contributed by atoms with E-state index in [9.17, 15) is 9.59 Å². The molecule has 0 saturated carbocycles. The van der Waals surface area contributed by atoms with Gasteiger partial charge in [0.25, 0.3) is 5.91 Å². The van der Waals surface area contributed by atoms with Crippen LogP contribution in [0.5, 0.6) is 5.75 Å². The number of amides is 2. The van der Waals surface area contributed by atoms with Crippen LogP contribution in [0.25, 0.3) is 5.69 Å². The largest absolute Gasteiger partial charge is 0.497 e. The van der Waals surface area contributed by atoms with Crippen molar-refractivity contribution in [3.8, 4) is 11.4 Å². The van der Waals surface area contributed by atoms with Crippen LogP contribution in [0.2, 0.25) is 0 Å². The third kappa shape index (κ3) is 2.82. The SMILES string of the molecule is CNC(=O)c1[nH]nc2c1[C@H](c1nccn1-c1ccc(OC)cc1)CC(=O)N2. The summed E-state index contributed by atoms with van der Waals surface area (Å²) < 4.78 is 7.10. The summed E-state index contributed by atoms with van der Waals surface area (Å²) in [5.74, 6) is 0.884. The topological polar surface area (TPSA) is 114 Å². The first-order valence-corrected chi connectivity index (χ1v) is 8.40. The number of nitrogens with one attached hydrogen (secondary N) is 3. The third-order valence-corrected chi connectivity index (χ3v) is 4.59. The number of rotatable bonds is 4. The molecule has 0 bridgehead atoms. The van der Waals surface area contributed by atoms with Gasteiger partial charge < -0.3 is 19.9 Å². The van der Waals surface area contributed by atoms with Gasteiger partial charge in [0.15, 0.2) is 5.82 Å². The Labute approximate surface area is 154 Å². The summed E-state index contributed by atoms with van der Waals surface area (Å²) >= 11 is 0. The van der Waals surface area contributed by atoms with Crippen LogP contribution in [-0.2, 0) is 4.79 Å². The molecule has 3 N–H and O–H groups in total. The molecule has 0 fully saturated rings. The lowest BCUT2D eigenvalue weighted by Crippen LogP contribution is -2.27. The van der Waals surface area contributed by atoms with Crippen molar-refractivity contribution in [3.05, 3.63) is 53.7 Å². The van der Waals surface area contributed by atoms with Gasteiger partial charge in [-0.15, -0.1) is 0 Å². The van der Waals surface area contributed by atoms with Crippen molar-refractivity contribution in [1.29, 1.82) is 0 Å². The van der Waals surface area contributed by atoms with Crippen LogP contribution < -0.4 is 15.4 Å². The van der Waals surface area contributed by atoms with Gasteiger partial charge in [0.2, 0.25) is 5.91 Å². The van der Waals surface area contributed by atoms with E-state index in [1.807, 2.05) is 35.0 Å². The van der Waals surface area contributed by atoms with Crippen LogP contribution in [0.4, 0.5) is 5.82 Å². The number of carbonyl (C=O) groups excluding carboxylic acids is 2. The number of fused-ring (bicyclic) bond motifs is 1. The van der Waals surface area contributed by atoms with E-state index in [0.29, 0.717) is 22.9 Å². The maximum atomic E-state index is 12.2. The maximum Gasteiger partial charge on any atom is 0.269 e. The Hall–Kier alpha value is -3.62. The van der Waals surface area contributed by atoms with Gasteiger partial charge in [-0.2, -0.15) is 5.10 Å². The maximum absolute atomic E-state index is 12.2. The number of carbonyl (C=O) groups is 2. The zero-order valence-corrected chi connectivity index (χ0v) is 14.8. The van der Waals surface area contributed by atoms with Crippen molar-refractivity contribution >= 4 is 17.6 Å². The normalized spacial score (nSPS) is 15.8. The number of hydrogen-bond donors (Lipinski definition) is 3. The number of nitrogens with zero attached hydrogens (tertiary/aromatic N) is 3. The molecule has 138 valence electrons. The van der Waals surface area contributed by atoms with Crippen molar-refractivity contribution in [1.82, 2.24) is 25.1 Å². The van der Waals surface area contributed by atoms with Crippen LogP contribution in [0.15, 0.2) is 36.7 Å². The summed E-state index contributed by atoms with van der Waals surface area (Å²) in [6.07, 6.45) is 3.66. The predicted octanol–water partition coefficient (Wildman–Crippen LogP) is 1.44. The van der Waals surface area contributed by atoms with Gasteiger partial charge in [0.1, 0.15) is 17.3 Å². The molecular weight excluding hydrogens is 348 g/mol. The standard InChI is InChI=1S/C18H18N6O3/c1-19-18(26)15-14-12(9-13(25)21-16(14)23-22-15)17-20-7-8-24(17)10-3-5-11(27-2)6-4-10/h3-8,12H,9H2,1-2H3,(H,19,26)(H2,21,22,23,25)/t12-/m1/s1. The minimum Gasteiger partial charge on any atom is -0.497 e. The smallest absolute Gasteiger partial charge is 0.269 e. The summed E-state index contributed by atoms with van der Waals surface area (Å²) in [4.78, 5) is 28.9. The molecule has 0 saturated heterocycles. The van der Waals surface area contributed by atoms with Crippen LogP contribution in [0, 0.1) is 0 Å². The summed E-state index contributed by atoms with van der Waals surface area (Å²) in [6.45, 7) is 0. The van der Waals surface area contributed by atoms with Gasteiger partial charge in [-0.1, -0.05) is 0 Å². The van der Waals surface area contributed by atoms with E-state index in [1.54, 1.807) is 20.4 Å². The highest BCUT2D eigenvalue weighted by Gasteiger charge is 2.35. The van der Waals surface area contributed by atoms with E-state index < -0.39 is 5.92 Å². The molecule has 2 aromatic heterocycles. The van der Waals surface area contributed by atoms with Gasteiger partial charge in [-0.3, -0.25) is 14.7 Å². The van der Waals surface area contributed by atoms with Crippen molar-refractivity contribution in [2.45, 2.75) is 12.3 Å². The highest BCUT2D eigenvalue weighted by molar-refractivity contribution is 6.00. The molecule has 2 amide bonds. The Kier molecular flexibility index (Phi) is 4.11. The fraction of sp³-hybridized carbons (Fsp3) is 0.222. The number of methoxy groups -OCH3 is 1. The first-order valence-electron chi connectivity index (χ1n) is 8.40. The number of H-pyrrole nitrogens is 1. The molecule has 3 heterocycles. The summed E-state index contributed by atoms with van der Waals surface area (Å²) in [7, 11) is 3.16. The molecule has 27 heavy (non-hydrogen) atoms. The first kappa shape index (κ1) is 16.8. The van der Waals surface area contributed by atoms with E-state index in [0.717, 1.165) is 11.4 Å². The van der Waals surface area contributed by atoms with E-state index in [4.69, 9.17) is 4.74 Å². The van der Waals surface area contributed by atoms with E-state index in [2.05, 4.69) is 25.8 Å². The van der Waals surface area contributed by atoms with E-state index in [-0.39, 0.29) is 18.2 Å². The molecule has 0 spiro atoms. The lowest BCUT2D eigenvalue weighted by Gasteiger charge is -2.23. The number of aromatic amines is 1. The fourth-order valence-corrected chi connectivity index (χ4v) is 3.31. The van der Waals surface area contributed by atoms with Gasteiger partial charge in [-0.05, 0) is 24.3 Å². The van der Waals surface area contributed by atoms with Gasteiger partial charge in [-0.25, -0.2) is 4.98 Å². The molecule has 0 aliphatic carbocycles. The fourth-order valence-electron chi connectivity index (χ4n) is 3.31. The Morgan fingerprint density at radius 3 is 2.81 bits per heavy atom. The number of hydrogen-bond acceptors (Lipinski definition) is 5. The molecule has 0 unspecified atom stereocenters. The Morgan fingerprint density at radius 1 is 1.33 bits per heavy atom. The zero-order valence-electron chi connectivity index (χ0n) is 14.8. The minimum absolute atomic E-state index is 0.170. The second kappa shape index (κ2) is 6.60. The molecule has 9 nitrogen and oxygen atoms in total. The zero-order chi connectivity index (χ0) is 19.0. The van der Waals surface area contributed by atoms with Crippen LogP contribution in [0.3, 0.4) is 0 Å². The lowest BCUT2D eigenvalue weighted by atomic mass is 9.90. The predicted molar refractivity (Wildman–Crippen MR) is 97.2 cm³/mol. The van der Waals surface area contributed by atoms with Crippen molar-refractivity contribution in [2.24, 2.45) is 0 Å². The number of ether oxygens (including phenoxy) is 1. The molecular formula is C18H18N6O3. The van der Waals surface area contributed by atoms with Gasteiger partial charge in [0.05, 0.1) is 13.0 Å². The number of anilines is 1. The van der Waals surface area contributed by atoms with E-state index in [1.165, 1.54) is 0 Å². The number of benzene rings is 1. The van der Waals surface area contributed by atoms with Crippen molar-refractivity contribution in [3.63, 3.8) is 0 Å². The van der Waals surface area contributed by atoms with Crippen LogP contribution in [-0.4, -0.2) is 45.7 Å². The van der Waals surface area contributed by atoms with Gasteiger partial charge in [0, 0.05) is 37.1 Å². The highest BCUT2D eigenvalue weighted by atomic mass is 16.5. The van der Waals surface area contributed by atoms with E-state index >= 15 is 0 Å². The highest BCUT2D eigenvalue weighted by Crippen LogP contribution is 2.38. The molecule has 9 heteroatoms. The average molecular weight is 366 g/mol. The number of imidazole rings is 1. The summed E-state index contributed by atoms with van der Waals surface area (Å²) in [5, 5.41) is 12.1. The summed E-state index contributed by atoms with van der Waals surface area (Å²) in [5.41, 5.74) is 1.83. The second-order valence-corrected chi connectivity index (χ2v) is 6.10. The summed E-state index contributed by atoms with van der Waals surface area (Å²) in [6, 6.07) is 7.52. The van der Waals surface area contributed by atoms with Gasteiger partial charge >= 0.3 is 0 Å². The molecule has 1 aliphatic rings. The second-order valence-electron chi connectivity index (χ2n) is 6.10. The van der Waals surface area contributed by atoms with Crippen molar-refractivity contribution in [2.75, 3.05) is 19.5 Å². The molecule has 1 aromatic carbocycles. The monoisotopic (exact) mass is 366 g/mol. The van der Waals surface area contributed by atoms with Crippen molar-refractivity contribution < 1.29 is 14.3 Å². The number of aromatic nitrogens is 4. The molecule has 0 radical (unpaired) electrons. The average Bonchev–Trinajstić information content (AvgIpc) is 3.34. The Morgan fingerprint density at radius 2 is 2.11 bits per heavy atom. The third-order valence-electron chi connectivity index (χ3n) is 4.59. The van der Waals surface area contributed by atoms with Crippen LogP contribution in [0.1, 0.15) is 34.2 Å². The minimum atomic E-state index is -0.406. The molecule has 4 rings (SSSR count). The molecule has 1 aliphatic heterocycles. The Balaban J connectivity index is 1.81. The molecule has 3 aromatic rings. The molecule has 1 atom stereocenters. The van der Waals surface area contributed by atoms with Crippen LogP contribution >= 0.6 is 0 Å².